The van der Waals surface area contributed by atoms with E-state index in [1.54, 1.807) is 5.56 Å². The second-order valence-corrected chi connectivity index (χ2v) is 8.09. The Hall–Kier alpha value is -1.65. The molecular weight excluding hydrogens is 308 g/mol. The molecule has 0 radical (unpaired) electrons. The van der Waals surface area contributed by atoms with E-state index < -0.39 is 0 Å². The van der Waals surface area contributed by atoms with Crippen LogP contribution in [0, 0.1) is 0 Å². The number of hydrogen-bond acceptors (Lipinski definition) is 3. The minimum Gasteiger partial charge on any atom is -0.337 e. The van der Waals surface area contributed by atoms with Crippen LogP contribution in [0.3, 0.4) is 0 Å². The van der Waals surface area contributed by atoms with Gasteiger partial charge >= 0.3 is 0 Å². The molecule has 1 fully saturated rings. The summed E-state index contributed by atoms with van der Waals surface area (Å²) in [6.07, 6.45) is 7.68. The van der Waals surface area contributed by atoms with Crippen LogP contribution in [-0.4, -0.2) is 33.6 Å². The van der Waals surface area contributed by atoms with E-state index in [0.29, 0.717) is 17.5 Å². The number of nitrogens with one attached hydrogen (secondary N) is 1. The Morgan fingerprint density at radius 2 is 2.00 bits per heavy atom. The maximum atomic E-state index is 4.46. The Morgan fingerprint density at radius 3 is 2.68 bits per heavy atom. The second kappa shape index (κ2) is 6.58. The van der Waals surface area contributed by atoms with Crippen LogP contribution < -0.4 is 5.32 Å². The summed E-state index contributed by atoms with van der Waals surface area (Å²) in [7, 11) is 2.07. The molecule has 1 atom stereocenters. The van der Waals surface area contributed by atoms with Gasteiger partial charge in [0.2, 0.25) is 0 Å². The van der Waals surface area contributed by atoms with E-state index in [2.05, 4.69) is 64.9 Å². The van der Waals surface area contributed by atoms with Gasteiger partial charge in [0.1, 0.15) is 5.82 Å². The first-order chi connectivity index (χ1) is 12.1. The molecule has 2 aromatic rings. The molecule has 4 nitrogen and oxygen atoms in total. The molecular formula is C21H30N4. The third-order valence-corrected chi connectivity index (χ3v) is 6.42. The van der Waals surface area contributed by atoms with Crippen molar-refractivity contribution in [3.05, 3.63) is 53.6 Å². The molecule has 1 aliphatic heterocycles. The highest BCUT2D eigenvalue weighted by atomic mass is 15.2. The first-order valence-electron chi connectivity index (χ1n) is 9.62. The summed E-state index contributed by atoms with van der Waals surface area (Å²) in [6, 6.07) is 10.2. The maximum Gasteiger partial charge on any atom is 0.122 e. The Kier molecular flexibility index (Phi) is 4.42. The van der Waals surface area contributed by atoms with Gasteiger partial charge in [-0.05, 0) is 62.7 Å². The van der Waals surface area contributed by atoms with E-state index in [-0.39, 0.29) is 0 Å². The normalized spacial score (nSPS) is 22.6. The van der Waals surface area contributed by atoms with Gasteiger partial charge in [0.15, 0.2) is 0 Å². The summed E-state index contributed by atoms with van der Waals surface area (Å²) in [6.45, 7) is 7.91. The van der Waals surface area contributed by atoms with Crippen LogP contribution >= 0.6 is 0 Å². The first kappa shape index (κ1) is 16.8. The average Bonchev–Trinajstić information content (AvgIpc) is 3.16. The number of hydrogen-bond donors (Lipinski definition) is 1. The number of fused-ring (bicyclic) bond motifs is 2. The number of nitrogens with zero attached hydrogens (tertiary/aromatic N) is 3. The van der Waals surface area contributed by atoms with Crippen molar-refractivity contribution in [1.82, 2.24) is 19.8 Å². The highest BCUT2D eigenvalue weighted by Gasteiger charge is 2.45. The summed E-state index contributed by atoms with van der Waals surface area (Å²) >= 11 is 0. The molecule has 0 amide bonds. The van der Waals surface area contributed by atoms with Crippen molar-refractivity contribution in [2.75, 3.05) is 13.1 Å². The van der Waals surface area contributed by atoms with Crippen LogP contribution in [0.5, 0.6) is 0 Å². The lowest BCUT2D eigenvalue weighted by atomic mass is 9.73. The van der Waals surface area contributed by atoms with E-state index in [1.807, 2.05) is 12.4 Å². The number of aryl methyl sites for hydroxylation is 1. The Balaban J connectivity index is 1.53. The van der Waals surface area contributed by atoms with Gasteiger partial charge in [-0.25, -0.2) is 4.98 Å². The Bertz CT molecular complexity index is 725. The predicted molar refractivity (Wildman–Crippen MR) is 101 cm³/mol. The highest BCUT2D eigenvalue weighted by molar-refractivity contribution is 5.42. The van der Waals surface area contributed by atoms with E-state index >= 15 is 0 Å². The lowest BCUT2D eigenvalue weighted by molar-refractivity contribution is 0.124. The van der Waals surface area contributed by atoms with Crippen molar-refractivity contribution in [3.63, 3.8) is 0 Å². The molecule has 1 aromatic carbocycles. The highest BCUT2D eigenvalue weighted by Crippen LogP contribution is 2.50. The number of likely N-dealkylation sites (tertiary alicyclic amines) is 1. The molecule has 25 heavy (non-hydrogen) atoms. The van der Waals surface area contributed by atoms with Gasteiger partial charge < -0.3 is 14.8 Å². The zero-order chi connectivity index (χ0) is 17.4. The third kappa shape index (κ3) is 3.02. The van der Waals surface area contributed by atoms with Gasteiger partial charge in [-0.15, -0.1) is 0 Å². The minimum absolute atomic E-state index is 0.362. The van der Waals surface area contributed by atoms with Crippen molar-refractivity contribution in [2.24, 2.45) is 7.05 Å². The molecule has 1 saturated heterocycles. The van der Waals surface area contributed by atoms with Crippen LogP contribution in [0.15, 0.2) is 36.7 Å². The molecule has 4 rings (SSSR count). The van der Waals surface area contributed by atoms with Gasteiger partial charge in [-0.1, -0.05) is 24.3 Å². The summed E-state index contributed by atoms with van der Waals surface area (Å²) in [5, 5.41) is 3.79. The topological polar surface area (TPSA) is 33.1 Å². The fraction of sp³-hybridized carbons (Fsp3) is 0.571. The van der Waals surface area contributed by atoms with Crippen molar-refractivity contribution in [1.29, 1.82) is 0 Å². The van der Waals surface area contributed by atoms with E-state index in [4.69, 9.17) is 0 Å². The molecule has 0 bridgehead atoms. The van der Waals surface area contributed by atoms with Crippen LogP contribution in [0.2, 0.25) is 0 Å². The van der Waals surface area contributed by atoms with Crippen LogP contribution in [-0.2, 0) is 19.0 Å². The van der Waals surface area contributed by atoms with Crippen LogP contribution in [0.25, 0.3) is 0 Å². The van der Waals surface area contributed by atoms with Gasteiger partial charge in [0.25, 0.3) is 0 Å². The average molecular weight is 338 g/mol. The van der Waals surface area contributed by atoms with Crippen molar-refractivity contribution < 1.29 is 0 Å². The van der Waals surface area contributed by atoms with Crippen molar-refractivity contribution in [3.8, 4) is 0 Å². The molecule has 4 heteroatoms. The van der Waals surface area contributed by atoms with Crippen LogP contribution in [0.4, 0.5) is 0 Å². The summed E-state index contributed by atoms with van der Waals surface area (Å²) < 4.78 is 2.10. The maximum absolute atomic E-state index is 4.46. The largest absolute Gasteiger partial charge is 0.337 e. The fourth-order valence-corrected chi connectivity index (χ4v) is 4.80. The first-order valence-corrected chi connectivity index (χ1v) is 9.62. The molecule has 0 unspecified atom stereocenters. The quantitative estimate of drug-likeness (QED) is 0.927. The Morgan fingerprint density at radius 1 is 1.24 bits per heavy atom. The lowest BCUT2D eigenvalue weighted by Crippen LogP contribution is -2.44. The third-order valence-electron chi connectivity index (χ3n) is 6.42. The van der Waals surface area contributed by atoms with Crippen molar-refractivity contribution >= 4 is 0 Å². The molecule has 2 heterocycles. The monoisotopic (exact) mass is 338 g/mol. The Labute approximate surface area is 151 Å². The molecule has 0 saturated carbocycles. The summed E-state index contributed by atoms with van der Waals surface area (Å²) in [4.78, 5) is 7.09. The van der Waals surface area contributed by atoms with Crippen molar-refractivity contribution in [2.45, 2.75) is 57.2 Å². The predicted octanol–water partition coefficient (Wildman–Crippen LogP) is 3.40. The zero-order valence-electron chi connectivity index (χ0n) is 15.7. The summed E-state index contributed by atoms with van der Waals surface area (Å²) in [5.74, 6) is 1.10. The minimum atomic E-state index is 0.362. The lowest BCUT2D eigenvalue weighted by Gasteiger charge is -2.42. The molecule has 134 valence electrons. The van der Waals surface area contributed by atoms with E-state index in [9.17, 15) is 0 Å². The molecule has 1 aliphatic carbocycles. The molecule has 1 N–H and O–H groups in total. The summed E-state index contributed by atoms with van der Waals surface area (Å²) in [5.41, 5.74) is 3.46. The van der Waals surface area contributed by atoms with E-state index in [1.165, 1.54) is 37.9 Å². The standard InChI is InChI=1S/C21H30N4/c1-16(2)25-11-8-21(9-12-25)14-19(17-6-4-5-7-18(17)21)23-15-20-22-10-13-24(20)3/h4-7,10,13,16,19,23H,8-9,11-12,14-15H2,1-3H3/t19-/m0/s1. The number of benzene rings is 1. The van der Waals surface area contributed by atoms with Gasteiger partial charge in [-0.2, -0.15) is 0 Å². The SMILES string of the molecule is CC(C)N1CCC2(CC1)C[C@H](NCc1nccn1C)c1ccccc12. The zero-order valence-corrected chi connectivity index (χ0v) is 15.7. The van der Waals surface area contributed by atoms with Gasteiger partial charge in [0.05, 0.1) is 6.54 Å². The van der Waals surface area contributed by atoms with Crippen LogP contribution in [0.1, 0.15) is 56.1 Å². The molecule has 1 aromatic heterocycles. The smallest absolute Gasteiger partial charge is 0.122 e. The fourth-order valence-electron chi connectivity index (χ4n) is 4.80. The van der Waals surface area contributed by atoms with Gasteiger partial charge in [-0.3, -0.25) is 0 Å². The van der Waals surface area contributed by atoms with Gasteiger partial charge in [0, 0.05) is 31.5 Å². The molecule has 2 aliphatic rings. The second-order valence-electron chi connectivity index (χ2n) is 8.09. The number of piperidine rings is 1. The van der Waals surface area contributed by atoms with E-state index in [0.717, 1.165) is 12.4 Å². The number of rotatable bonds is 4. The number of imidazole rings is 1. The molecule has 1 spiro atoms. The number of aromatic nitrogens is 2.